The number of piperazine rings is 1. The van der Waals surface area contributed by atoms with E-state index in [4.69, 9.17) is 0 Å². The molecule has 0 spiro atoms. The number of aliphatic carboxylic acids is 1. The minimum atomic E-state index is -0.811. The van der Waals surface area contributed by atoms with Crippen molar-refractivity contribution in [2.75, 3.05) is 31.1 Å². The molecule has 1 fully saturated rings. The van der Waals surface area contributed by atoms with Crippen molar-refractivity contribution in [1.82, 2.24) is 4.90 Å². The average Bonchev–Trinajstić information content (AvgIpc) is 3.03. The van der Waals surface area contributed by atoms with Crippen LogP contribution in [0, 0.1) is 5.82 Å². The number of carbonyl (C=O) groups is 1. The van der Waals surface area contributed by atoms with Gasteiger partial charge in [0.25, 0.3) is 0 Å². The predicted octanol–water partition coefficient (Wildman–Crippen LogP) is 2.84. The predicted molar refractivity (Wildman–Crippen MR) is 84.9 cm³/mol. The number of hydrogen-bond acceptors (Lipinski definition) is 4. The van der Waals surface area contributed by atoms with Crippen LogP contribution < -0.4 is 4.90 Å². The van der Waals surface area contributed by atoms with Crippen LogP contribution >= 0.6 is 11.3 Å². The Hall–Kier alpha value is -1.92. The first-order valence-electron chi connectivity index (χ1n) is 7.14. The minimum absolute atomic E-state index is 0.245. The van der Waals surface area contributed by atoms with Gasteiger partial charge in [-0.15, -0.1) is 0 Å². The van der Waals surface area contributed by atoms with Crippen LogP contribution in [0.2, 0.25) is 0 Å². The average molecular weight is 320 g/mol. The fraction of sp³-hybridized carbons (Fsp3) is 0.312. The molecule has 6 heteroatoms. The summed E-state index contributed by atoms with van der Waals surface area (Å²) in [6, 6.07) is 7.72. The molecule has 0 bridgehead atoms. The molecule has 4 nitrogen and oxygen atoms in total. The molecule has 1 aromatic heterocycles. The molecule has 0 radical (unpaired) electrons. The summed E-state index contributed by atoms with van der Waals surface area (Å²) in [5.41, 5.74) is 1.82. The highest BCUT2D eigenvalue weighted by molar-refractivity contribution is 7.08. The highest BCUT2D eigenvalue weighted by atomic mass is 32.1. The van der Waals surface area contributed by atoms with Crippen LogP contribution in [-0.2, 0) is 4.79 Å². The van der Waals surface area contributed by atoms with E-state index in [0.717, 1.165) is 24.3 Å². The molecular weight excluding hydrogens is 303 g/mol. The highest BCUT2D eigenvalue weighted by Gasteiger charge is 2.30. The van der Waals surface area contributed by atoms with E-state index < -0.39 is 12.0 Å². The van der Waals surface area contributed by atoms with Crippen molar-refractivity contribution < 1.29 is 14.3 Å². The summed E-state index contributed by atoms with van der Waals surface area (Å²) < 4.78 is 13.0. The van der Waals surface area contributed by atoms with Gasteiger partial charge in [-0.2, -0.15) is 11.3 Å². The van der Waals surface area contributed by atoms with Crippen LogP contribution in [0.1, 0.15) is 11.6 Å². The van der Waals surface area contributed by atoms with Crippen LogP contribution in [0.15, 0.2) is 41.1 Å². The third kappa shape index (κ3) is 3.13. The van der Waals surface area contributed by atoms with Gasteiger partial charge in [0.15, 0.2) is 0 Å². The van der Waals surface area contributed by atoms with Gasteiger partial charge in [0.05, 0.1) is 0 Å². The lowest BCUT2D eigenvalue weighted by Gasteiger charge is -2.38. The van der Waals surface area contributed by atoms with Gasteiger partial charge in [-0.05, 0) is 46.7 Å². The zero-order chi connectivity index (χ0) is 15.5. The molecule has 1 aliphatic heterocycles. The monoisotopic (exact) mass is 320 g/mol. The first kappa shape index (κ1) is 15.0. The summed E-state index contributed by atoms with van der Waals surface area (Å²) in [6.07, 6.45) is 0. The highest BCUT2D eigenvalue weighted by Crippen LogP contribution is 2.26. The molecule has 2 aromatic rings. The second kappa shape index (κ2) is 6.46. The van der Waals surface area contributed by atoms with Crippen LogP contribution in [0.5, 0.6) is 0 Å². The number of rotatable bonds is 4. The standard InChI is InChI=1S/C16H17FN2O2S/c17-13-1-3-14(4-2-13)18-6-8-19(9-7-18)15(16(20)21)12-5-10-22-11-12/h1-5,10-11,15H,6-9H2,(H,20,21)/t15-/m0/s1. The Morgan fingerprint density at radius 1 is 1.14 bits per heavy atom. The van der Waals surface area contributed by atoms with E-state index in [0.29, 0.717) is 13.1 Å². The van der Waals surface area contributed by atoms with Gasteiger partial charge in [-0.25, -0.2) is 4.39 Å². The molecule has 116 valence electrons. The third-order valence-corrected chi connectivity index (χ3v) is 4.67. The summed E-state index contributed by atoms with van der Waals surface area (Å²) >= 11 is 1.51. The topological polar surface area (TPSA) is 43.8 Å². The lowest BCUT2D eigenvalue weighted by atomic mass is 10.1. The fourth-order valence-corrected chi connectivity index (χ4v) is 3.51. The SMILES string of the molecule is O=C(O)[C@H](c1ccsc1)N1CCN(c2ccc(F)cc2)CC1. The Balaban J connectivity index is 1.68. The molecule has 1 atom stereocenters. The lowest BCUT2D eigenvalue weighted by Crippen LogP contribution is -2.49. The molecule has 3 rings (SSSR count). The zero-order valence-corrected chi connectivity index (χ0v) is 12.8. The number of halogens is 1. The minimum Gasteiger partial charge on any atom is -0.480 e. The number of hydrogen-bond donors (Lipinski definition) is 1. The molecule has 22 heavy (non-hydrogen) atoms. The van der Waals surface area contributed by atoms with E-state index in [2.05, 4.69) is 4.90 Å². The van der Waals surface area contributed by atoms with Gasteiger partial charge in [0.2, 0.25) is 0 Å². The summed E-state index contributed by atoms with van der Waals surface area (Å²) in [5, 5.41) is 13.3. The van der Waals surface area contributed by atoms with Crippen LogP contribution in [0.4, 0.5) is 10.1 Å². The second-order valence-electron chi connectivity index (χ2n) is 5.30. The maximum absolute atomic E-state index is 13.0. The van der Waals surface area contributed by atoms with Gasteiger partial charge < -0.3 is 10.0 Å². The van der Waals surface area contributed by atoms with Crippen LogP contribution in [0.25, 0.3) is 0 Å². The van der Waals surface area contributed by atoms with Gasteiger partial charge in [0.1, 0.15) is 11.9 Å². The lowest BCUT2D eigenvalue weighted by molar-refractivity contribution is -0.143. The van der Waals surface area contributed by atoms with Gasteiger partial charge in [0, 0.05) is 31.9 Å². The smallest absolute Gasteiger partial charge is 0.325 e. The molecule has 1 saturated heterocycles. The molecule has 0 saturated carbocycles. The van der Waals surface area contributed by atoms with Crippen molar-refractivity contribution in [3.05, 3.63) is 52.5 Å². The van der Waals surface area contributed by atoms with E-state index in [9.17, 15) is 14.3 Å². The van der Waals surface area contributed by atoms with E-state index in [1.165, 1.54) is 23.5 Å². The fourth-order valence-electron chi connectivity index (χ4n) is 2.83. The quantitative estimate of drug-likeness (QED) is 0.941. The van der Waals surface area contributed by atoms with E-state index in [1.54, 1.807) is 12.1 Å². The normalized spacial score (nSPS) is 17.4. The molecule has 1 aromatic carbocycles. The number of anilines is 1. The number of carboxylic acid groups (broad SMARTS) is 1. The number of benzene rings is 1. The maximum Gasteiger partial charge on any atom is 0.325 e. The second-order valence-corrected chi connectivity index (χ2v) is 6.08. The molecule has 1 aliphatic rings. The molecule has 2 heterocycles. The van der Waals surface area contributed by atoms with Crippen molar-refractivity contribution in [3.8, 4) is 0 Å². The third-order valence-electron chi connectivity index (χ3n) is 3.96. The van der Waals surface area contributed by atoms with Gasteiger partial charge >= 0.3 is 5.97 Å². The number of carboxylic acids is 1. The van der Waals surface area contributed by atoms with E-state index in [-0.39, 0.29) is 5.82 Å². The van der Waals surface area contributed by atoms with Crippen molar-refractivity contribution in [2.24, 2.45) is 0 Å². The van der Waals surface area contributed by atoms with Crippen molar-refractivity contribution in [3.63, 3.8) is 0 Å². The molecule has 0 unspecified atom stereocenters. The summed E-state index contributed by atoms with van der Waals surface area (Å²) in [4.78, 5) is 15.7. The van der Waals surface area contributed by atoms with E-state index in [1.807, 2.05) is 21.7 Å². The first-order valence-corrected chi connectivity index (χ1v) is 8.09. The number of nitrogens with zero attached hydrogens (tertiary/aromatic N) is 2. The molecule has 0 aliphatic carbocycles. The Labute approximate surface area is 132 Å². The van der Waals surface area contributed by atoms with Gasteiger partial charge in [-0.3, -0.25) is 9.69 Å². The Morgan fingerprint density at radius 3 is 2.36 bits per heavy atom. The Kier molecular flexibility index (Phi) is 4.40. The molecule has 0 amide bonds. The molecule has 1 N–H and O–H groups in total. The largest absolute Gasteiger partial charge is 0.480 e. The maximum atomic E-state index is 13.0. The Bertz CT molecular complexity index is 622. The zero-order valence-electron chi connectivity index (χ0n) is 12.0. The van der Waals surface area contributed by atoms with Crippen molar-refractivity contribution in [2.45, 2.75) is 6.04 Å². The van der Waals surface area contributed by atoms with Crippen LogP contribution in [0.3, 0.4) is 0 Å². The molecular formula is C16H17FN2O2S. The summed E-state index contributed by atoms with van der Waals surface area (Å²) in [7, 11) is 0. The van der Waals surface area contributed by atoms with Crippen molar-refractivity contribution >= 4 is 23.0 Å². The first-order chi connectivity index (χ1) is 10.6. The number of thiophene rings is 1. The van der Waals surface area contributed by atoms with Crippen molar-refractivity contribution in [1.29, 1.82) is 0 Å². The summed E-state index contributed by atoms with van der Waals surface area (Å²) in [5.74, 6) is -1.06. The van der Waals surface area contributed by atoms with E-state index >= 15 is 0 Å². The summed E-state index contributed by atoms with van der Waals surface area (Å²) in [6.45, 7) is 2.81. The van der Waals surface area contributed by atoms with Crippen LogP contribution in [-0.4, -0.2) is 42.2 Å². The van der Waals surface area contributed by atoms with Gasteiger partial charge in [-0.1, -0.05) is 0 Å². The Morgan fingerprint density at radius 2 is 1.82 bits per heavy atom.